The van der Waals surface area contributed by atoms with Gasteiger partial charge in [0.15, 0.2) is 6.29 Å². The monoisotopic (exact) mass is 301 g/mol. The zero-order valence-electron chi connectivity index (χ0n) is 10.1. The van der Waals surface area contributed by atoms with Gasteiger partial charge in [0, 0.05) is 10.8 Å². The highest BCUT2D eigenvalue weighted by Crippen LogP contribution is 2.32. The maximum absolute atomic E-state index is 12.6. The average Bonchev–Trinajstić information content (AvgIpc) is 2.85. The first-order valence-corrected chi connectivity index (χ1v) is 6.64. The van der Waals surface area contributed by atoms with Crippen LogP contribution in [0.2, 0.25) is 0 Å². The first-order valence-electron chi connectivity index (χ1n) is 5.66. The number of aldehydes is 1. The number of thioether (sulfide) groups is 1. The summed E-state index contributed by atoms with van der Waals surface area (Å²) in [5.41, 5.74) is -0.407. The Balaban J connectivity index is 2.30. The van der Waals surface area contributed by atoms with E-state index in [1.165, 1.54) is 30.0 Å². The lowest BCUT2D eigenvalue weighted by atomic mass is 10.1. The van der Waals surface area contributed by atoms with Crippen molar-refractivity contribution in [2.45, 2.75) is 12.2 Å². The van der Waals surface area contributed by atoms with Crippen LogP contribution in [-0.4, -0.2) is 24.0 Å². The number of halogens is 3. The first kappa shape index (κ1) is 14.8. The van der Waals surface area contributed by atoms with Crippen LogP contribution < -0.4 is 5.32 Å². The molecule has 1 N–H and O–H groups in total. The Kier molecular flexibility index (Phi) is 4.29. The van der Waals surface area contributed by atoms with Gasteiger partial charge in [0.05, 0.1) is 5.56 Å². The molecule has 1 unspecified atom stereocenters. The topological polar surface area (TPSA) is 46.2 Å². The number of alkyl halides is 3. The fourth-order valence-corrected chi connectivity index (χ4v) is 2.80. The summed E-state index contributed by atoms with van der Waals surface area (Å²) in [4.78, 5) is 22.4. The lowest BCUT2D eigenvalue weighted by Crippen LogP contribution is -2.32. The Morgan fingerprint density at radius 3 is 2.80 bits per heavy atom. The standard InChI is InChI=1S/C13H10F3NO2S/c14-13(15,16)9-3-1-2-8(4-9)5-11-12(10(19)6-18)17-7-20-11/h1-6,12,17H,7H2. The molecule has 0 spiro atoms. The van der Waals surface area contributed by atoms with Crippen LogP contribution in [0.1, 0.15) is 11.1 Å². The van der Waals surface area contributed by atoms with Gasteiger partial charge in [-0.3, -0.25) is 14.9 Å². The maximum Gasteiger partial charge on any atom is 0.416 e. The summed E-state index contributed by atoms with van der Waals surface area (Å²) >= 11 is 1.29. The van der Waals surface area contributed by atoms with Crippen molar-refractivity contribution in [2.24, 2.45) is 0 Å². The Labute approximate surface area is 117 Å². The molecule has 1 aliphatic heterocycles. The highest BCUT2D eigenvalue weighted by molar-refractivity contribution is 8.03. The lowest BCUT2D eigenvalue weighted by Gasteiger charge is -2.09. The summed E-state index contributed by atoms with van der Waals surface area (Å²) in [5, 5.41) is 2.81. The van der Waals surface area contributed by atoms with E-state index in [0.717, 1.165) is 12.1 Å². The number of rotatable bonds is 3. The van der Waals surface area contributed by atoms with Gasteiger partial charge in [0.2, 0.25) is 5.78 Å². The zero-order chi connectivity index (χ0) is 14.8. The average molecular weight is 301 g/mol. The summed E-state index contributed by atoms with van der Waals surface area (Å²) in [6.45, 7) is 0. The molecule has 1 aliphatic rings. The van der Waals surface area contributed by atoms with Crippen molar-refractivity contribution in [2.75, 3.05) is 5.88 Å². The molecule has 2 rings (SSSR count). The summed E-state index contributed by atoms with van der Waals surface area (Å²) < 4.78 is 37.8. The largest absolute Gasteiger partial charge is 0.416 e. The molecule has 20 heavy (non-hydrogen) atoms. The van der Waals surface area contributed by atoms with E-state index in [9.17, 15) is 22.8 Å². The van der Waals surface area contributed by atoms with Crippen molar-refractivity contribution in [3.05, 3.63) is 40.3 Å². The van der Waals surface area contributed by atoms with Crippen LogP contribution in [0.3, 0.4) is 0 Å². The number of carbonyl (C=O) groups is 2. The fourth-order valence-electron chi connectivity index (χ4n) is 1.80. The second kappa shape index (κ2) is 5.80. The van der Waals surface area contributed by atoms with E-state index in [4.69, 9.17) is 0 Å². The van der Waals surface area contributed by atoms with Gasteiger partial charge in [-0.05, 0) is 23.8 Å². The molecule has 0 saturated carbocycles. The van der Waals surface area contributed by atoms with Crippen LogP contribution in [0.5, 0.6) is 0 Å². The zero-order valence-corrected chi connectivity index (χ0v) is 10.9. The molecule has 1 fully saturated rings. The van der Waals surface area contributed by atoms with Gasteiger partial charge in [-0.25, -0.2) is 0 Å². The molecule has 0 radical (unpaired) electrons. The summed E-state index contributed by atoms with van der Waals surface area (Å²) in [5.74, 6) is -0.192. The minimum absolute atomic E-state index is 0.212. The number of ketones is 1. The van der Waals surface area contributed by atoms with Crippen LogP contribution in [0, 0.1) is 0 Å². The number of carbonyl (C=O) groups excluding carboxylic acids is 2. The van der Waals surface area contributed by atoms with E-state index >= 15 is 0 Å². The van der Waals surface area contributed by atoms with Crippen molar-refractivity contribution in [1.82, 2.24) is 5.32 Å². The SMILES string of the molecule is O=CC(=O)C1NCSC1=Cc1cccc(C(F)(F)F)c1. The summed E-state index contributed by atoms with van der Waals surface area (Å²) in [6.07, 6.45) is -2.71. The Morgan fingerprint density at radius 2 is 2.15 bits per heavy atom. The van der Waals surface area contributed by atoms with Crippen molar-refractivity contribution < 1.29 is 22.8 Å². The van der Waals surface area contributed by atoms with E-state index in [0.29, 0.717) is 16.3 Å². The van der Waals surface area contributed by atoms with Gasteiger partial charge in [-0.2, -0.15) is 13.2 Å². The van der Waals surface area contributed by atoms with Crippen molar-refractivity contribution in [3.8, 4) is 0 Å². The van der Waals surface area contributed by atoms with E-state index in [1.54, 1.807) is 0 Å². The minimum Gasteiger partial charge on any atom is -0.295 e. The third kappa shape index (κ3) is 3.29. The van der Waals surface area contributed by atoms with E-state index in [1.807, 2.05) is 0 Å². The van der Waals surface area contributed by atoms with E-state index in [-0.39, 0.29) is 6.29 Å². The molecule has 1 atom stereocenters. The van der Waals surface area contributed by atoms with Crippen molar-refractivity contribution in [3.63, 3.8) is 0 Å². The second-order valence-electron chi connectivity index (χ2n) is 4.12. The molecule has 0 aliphatic carbocycles. The van der Waals surface area contributed by atoms with Crippen molar-refractivity contribution >= 4 is 29.9 Å². The smallest absolute Gasteiger partial charge is 0.295 e. The Morgan fingerprint density at radius 1 is 1.40 bits per heavy atom. The predicted molar refractivity (Wildman–Crippen MR) is 69.9 cm³/mol. The molecule has 7 heteroatoms. The van der Waals surface area contributed by atoms with E-state index in [2.05, 4.69) is 5.32 Å². The maximum atomic E-state index is 12.6. The second-order valence-corrected chi connectivity index (χ2v) is 5.16. The summed E-state index contributed by atoms with van der Waals surface area (Å²) in [6, 6.07) is 4.05. The molecule has 106 valence electrons. The Bertz CT molecular complexity index is 569. The number of hydrogen-bond acceptors (Lipinski definition) is 4. The van der Waals surface area contributed by atoms with Crippen molar-refractivity contribution in [1.29, 1.82) is 0 Å². The molecule has 0 aromatic heterocycles. The molecule has 1 aromatic rings. The van der Waals surface area contributed by atoms with Crippen LogP contribution in [-0.2, 0) is 15.8 Å². The molecule has 1 aromatic carbocycles. The molecule has 1 heterocycles. The first-order chi connectivity index (χ1) is 9.41. The van der Waals surface area contributed by atoms with Gasteiger partial charge in [-0.15, -0.1) is 11.8 Å². The quantitative estimate of drug-likeness (QED) is 0.688. The normalized spacial score (nSPS) is 21.1. The highest BCUT2D eigenvalue weighted by atomic mass is 32.2. The molecular weight excluding hydrogens is 291 g/mol. The van der Waals surface area contributed by atoms with E-state index < -0.39 is 23.6 Å². The van der Waals surface area contributed by atoms with Gasteiger partial charge in [-0.1, -0.05) is 12.1 Å². The van der Waals surface area contributed by atoms with Gasteiger partial charge in [0.1, 0.15) is 6.04 Å². The molecule has 3 nitrogen and oxygen atoms in total. The predicted octanol–water partition coefficient (Wildman–Crippen LogP) is 2.48. The summed E-state index contributed by atoms with van der Waals surface area (Å²) in [7, 11) is 0. The minimum atomic E-state index is -4.41. The Hall–Kier alpha value is -1.60. The lowest BCUT2D eigenvalue weighted by molar-refractivity contribution is -0.137. The molecule has 0 bridgehead atoms. The van der Waals surface area contributed by atoms with Crippen LogP contribution >= 0.6 is 11.8 Å². The molecule has 0 amide bonds. The fraction of sp³-hybridized carbons (Fsp3) is 0.231. The van der Waals surface area contributed by atoms with Gasteiger partial charge in [0.25, 0.3) is 0 Å². The van der Waals surface area contributed by atoms with Crippen LogP contribution in [0.25, 0.3) is 6.08 Å². The number of hydrogen-bond donors (Lipinski definition) is 1. The number of nitrogens with one attached hydrogen (secondary N) is 1. The molecular formula is C13H10F3NO2S. The third-order valence-electron chi connectivity index (χ3n) is 2.73. The van der Waals surface area contributed by atoms with Crippen LogP contribution in [0.15, 0.2) is 29.2 Å². The third-order valence-corrected chi connectivity index (χ3v) is 3.73. The number of Topliss-reactive ketones (excluding diaryl/α,β-unsaturated/α-hetero) is 1. The highest BCUT2D eigenvalue weighted by Gasteiger charge is 2.31. The molecule has 1 saturated heterocycles. The van der Waals surface area contributed by atoms with Gasteiger partial charge >= 0.3 is 6.18 Å². The number of benzene rings is 1. The van der Waals surface area contributed by atoms with Crippen LogP contribution in [0.4, 0.5) is 13.2 Å². The van der Waals surface area contributed by atoms with Gasteiger partial charge < -0.3 is 0 Å².